The van der Waals surface area contributed by atoms with E-state index in [1.165, 1.54) is 0 Å². The standard InChI is InChI=1S/C20H28N4O4/c1-15(11-12-21)18(19(22)26)24-17(25)10-6-3-7-13-23-20(27)28-14-16-8-4-2-5-9-16/h2,4-5,8-9,15,18H,3,6-7,10-11,13-14H2,1H3,(H2,22,26)(H,23,27)(H,24,25)/t15-,18+/m0/s1. The lowest BCUT2D eigenvalue weighted by Crippen LogP contribution is -2.48. The molecule has 1 rings (SSSR count). The van der Waals surface area contributed by atoms with Crippen LogP contribution in [0.2, 0.25) is 0 Å². The number of nitrogens with zero attached hydrogens (tertiary/aromatic N) is 1. The second kappa shape index (κ2) is 13.1. The molecule has 0 heterocycles. The summed E-state index contributed by atoms with van der Waals surface area (Å²) in [6.07, 6.45) is 1.98. The van der Waals surface area contributed by atoms with E-state index in [0.717, 1.165) is 12.0 Å². The highest BCUT2D eigenvalue weighted by molar-refractivity contribution is 5.86. The Bertz CT molecular complexity index is 673. The molecule has 0 aliphatic carbocycles. The van der Waals surface area contributed by atoms with Gasteiger partial charge in [0.2, 0.25) is 11.8 Å². The van der Waals surface area contributed by atoms with E-state index in [-0.39, 0.29) is 31.3 Å². The first-order chi connectivity index (χ1) is 13.4. The van der Waals surface area contributed by atoms with Gasteiger partial charge in [-0.05, 0) is 24.3 Å². The number of hydrogen-bond acceptors (Lipinski definition) is 5. The van der Waals surface area contributed by atoms with Crippen molar-refractivity contribution in [2.45, 2.75) is 51.7 Å². The number of carbonyl (C=O) groups is 3. The molecule has 0 bridgehead atoms. The third kappa shape index (κ3) is 9.57. The Morgan fingerprint density at radius 3 is 2.54 bits per heavy atom. The molecule has 0 fully saturated rings. The molecule has 0 aliphatic heterocycles. The van der Waals surface area contributed by atoms with Gasteiger partial charge in [0.25, 0.3) is 0 Å². The maximum absolute atomic E-state index is 11.9. The maximum atomic E-state index is 11.9. The van der Waals surface area contributed by atoms with E-state index in [1.807, 2.05) is 36.4 Å². The fraction of sp³-hybridized carbons (Fsp3) is 0.500. The molecule has 1 aromatic carbocycles. The lowest BCUT2D eigenvalue weighted by atomic mass is 9.98. The Kier molecular flexibility index (Phi) is 10.8. The summed E-state index contributed by atoms with van der Waals surface area (Å²) in [5.74, 6) is -1.25. The van der Waals surface area contributed by atoms with Gasteiger partial charge in [0.05, 0.1) is 6.07 Å². The third-order valence-corrected chi connectivity index (χ3v) is 4.17. The van der Waals surface area contributed by atoms with Crippen molar-refractivity contribution < 1.29 is 19.1 Å². The van der Waals surface area contributed by atoms with Crippen LogP contribution in [-0.2, 0) is 20.9 Å². The second-order valence-electron chi connectivity index (χ2n) is 6.59. The second-order valence-corrected chi connectivity index (χ2v) is 6.59. The molecule has 0 saturated carbocycles. The molecule has 1 aromatic rings. The first-order valence-electron chi connectivity index (χ1n) is 9.34. The Balaban J connectivity index is 2.12. The van der Waals surface area contributed by atoms with Crippen LogP contribution in [0.15, 0.2) is 30.3 Å². The number of carbonyl (C=O) groups excluding carboxylic acids is 3. The number of benzene rings is 1. The van der Waals surface area contributed by atoms with Crippen molar-refractivity contribution in [1.29, 1.82) is 5.26 Å². The monoisotopic (exact) mass is 388 g/mol. The lowest BCUT2D eigenvalue weighted by Gasteiger charge is -2.20. The summed E-state index contributed by atoms with van der Waals surface area (Å²) in [5.41, 5.74) is 6.20. The van der Waals surface area contributed by atoms with Crippen LogP contribution in [0.1, 0.15) is 44.6 Å². The fourth-order valence-corrected chi connectivity index (χ4v) is 2.55. The van der Waals surface area contributed by atoms with E-state index >= 15 is 0 Å². The van der Waals surface area contributed by atoms with Crippen LogP contribution in [0.25, 0.3) is 0 Å². The topological polar surface area (TPSA) is 134 Å². The number of alkyl carbamates (subject to hydrolysis) is 1. The van der Waals surface area contributed by atoms with Gasteiger partial charge in [-0.15, -0.1) is 0 Å². The first-order valence-corrected chi connectivity index (χ1v) is 9.34. The molecule has 0 spiro atoms. The zero-order valence-electron chi connectivity index (χ0n) is 16.1. The number of nitriles is 1. The van der Waals surface area contributed by atoms with Crippen molar-refractivity contribution in [2.24, 2.45) is 11.7 Å². The average Bonchev–Trinajstić information content (AvgIpc) is 2.67. The molecule has 0 unspecified atom stereocenters. The molecule has 4 N–H and O–H groups in total. The van der Waals surface area contributed by atoms with E-state index in [9.17, 15) is 14.4 Å². The number of unbranched alkanes of at least 4 members (excludes halogenated alkanes) is 2. The number of primary amides is 1. The minimum atomic E-state index is -0.840. The van der Waals surface area contributed by atoms with Crippen LogP contribution in [0.5, 0.6) is 0 Å². The van der Waals surface area contributed by atoms with Gasteiger partial charge in [0.1, 0.15) is 12.6 Å². The van der Waals surface area contributed by atoms with E-state index < -0.39 is 18.0 Å². The summed E-state index contributed by atoms with van der Waals surface area (Å²) >= 11 is 0. The first kappa shape index (κ1) is 23.0. The molecule has 0 aliphatic rings. The fourth-order valence-electron chi connectivity index (χ4n) is 2.55. The van der Waals surface area contributed by atoms with Crippen molar-refractivity contribution in [3.63, 3.8) is 0 Å². The van der Waals surface area contributed by atoms with Gasteiger partial charge in [-0.25, -0.2) is 4.79 Å². The summed E-state index contributed by atoms with van der Waals surface area (Å²) in [4.78, 5) is 35.0. The van der Waals surface area contributed by atoms with Gasteiger partial charge in [-0.2, -0.15) is 5.26 Å². The van der Waals surface area contributed by atoms with Gasteiger partial charge in [-0.3, -0.25) is 9.59 Å². The molecule has 0 saturated heterocycles. The molecule has 3 amide bonds. The van der Waals surface area contributed by atoms with Crippen LogP contribution in [0, 0.1) is 17.2 Å². The smallest absolute Gasteiger partial charge is 0.407 e. The van der Waals surface area contributed by atoms with Gasteiger partial charge in [0.15, 0.2) is 0 Å². The lowest BCUT2D eigenvalue weighted by molar-refractivity contribution is -0.128. The Hall–Kier alpha value is -3.08. The maximum Gasteiger partial charge on any atom is 0.407 e. The number of amides is 3. The normalized spacial score (nSPS) is 12.3. The average molecular weight is 388 g/mol. The van der Waals surface area contributed by atoms with Gasteiger partial charge in [0, 0.05) is 19.4 Å². The summed E-state index contributed by atoms with van der Waals surface area (Å²) < 4.78 is 5.10. The minimum Gasteiger partial charge on any atom is -0.445 e. The number of hydrogen-bond donors (Lipinski definition) is 3. The van der Waals surface area contributed by atoms with Gasteiger partial charge < -0.3 is 21.1 Å². The zero-order valence-corrected chi connectivity index (χ0v) is 16.1. The highest BCUT2D eigenvalue weighted by Crippen LogP contribution is 2.08. The molecule has 8 heteroatoms. The highest BCUT2D eigenvalue weighted by atomic mass is 16.5. The zero-order chi connectivity index (χ0) is 20.8. The van der Waals surface area contributed by atoms with Crippen molar-refractivity contribution in [3.8, 4) is 6.07 Å². The van der Waals surface area contributed by atoms with Crippen molar-refractivity contribution in [3.05, 3.63) is 35.9 Å². The van der Waals surface area contributed by atoms with Crippen molar-refractivity contribution >= 4 is 17.9 Å². The predicted octanol–water partition coefficient (Wildman–Crippen LogP) is 1.99. The molecule has 0 aromatic heterocycles. The molecular formula is C20H28N4O4. The number of rotatable bonds is 12. The van der Waals surface area contributed by atoms with Gasteiger partial charge in [-0.1, -0.05) is 43.7 Å². The van der Waals surface area contributed by atoms with Crippen LogP contribution in [0.4, 0.5) is 4.79 Å². The molecule has 152 valence electrons. The number of nitrogens with two attached hydrogens (primary N) is 1. The van der Waals surface area contributed by atoms with E-state index in [1.54, 1.807) is 6.92 Å². The summed E-state index contributed by atoms with van der Waals surface area (Å²) in [7, 11) is 0. The molecule has 2 atom stereocenters. The molecular weight excluding hydrogens is 360 g/mol. The van der Waals surface area contributed by atoms with Crippen LogP contribution >= 0.6 is 0 Å². The minimum absolute atomic E-state index is 0.139. The summed E-state index contributed by atoms with van der Waals surface area (Å²) in [6, 6.07) is 10.5. The van der Waals surface area contributed by atoms with E-state index in [0.29, 0.717) is 19.4 Å². The quantitative estimate of drug-likeness (QED) is 0.471. The largest absolute Gasteiger partial charge is 0.445 e. The van der Waals surface area contributed by atoms with Crippen LogP contribution < -0.4 is 16.4 Å². The van der Waals surface area contributed by atoms with E-state index in [2.05, 4.69) is 10.6 Å². The Morgan fingerprint density at radius 1 is 1.18 bits per heavy atom. The summed E-state index contributed by atoms with van der Waals surface area (Å²) in [5, 5.41) is 14.0. The van der Waals surface area contributed by atoms with Crippen molar-refractivity contribution in [2.75, 3.05) is 6.54 Å². The highest BCUT2D eigenvalue weighted by Gasteiger charge is 2.24. The molecule has 0 radical (unpaired) electrons. The SMILES string of the molecule is C[C@@H](CC#N)[C@@H](NC(=O)CCCCCNC(=O)OCc1ccccc1)C(N)=O. The predicted molar refractivity (Wildman–Crippen MR) is 104 cm³/mol. The third-order valence-electron chi connectivity index (χ3n) is 4.17. The van der Waals surface area contributed by atoms with Crippen LogP contribution in [0.3, 0.4) is 0 Å². The Morgan fingerprint density at radius 2 is 1.89 bits per heavy atom. The number of nitrogens with one attached hydrogen (secondary N) is 2. The number of ether oxygens (including phenoxy) is 1. The molecule has 28 heavy (non-hydrogen) atoms. The Labute approximate surface area is 165 Å². The van der Waals surface area contributed by atoms with Crippen molar-refractivity contribution in [1.82, 2.24) is 10.6 Å². The molecule has 8 nitrogen and oxygen atoms in total. The van der Waals surface area contributed by atoms with E-state index in [4.69, 9.17) is 15.7 Å². The summed E-state index contributed by atoms with van der Waals surface area (Å²) in [6.45, 7) is 2.37. The van der Waals surface area contributed by atoms with Crippen LogP contribution in [-0.4, -0.2) is 30.5 Å². The van der Waals surface area contributed by atoms with Gasteiger partial charge >= 0.3 is 6.09 Å².